The van der Waals surface area contributed by atoms with E-state index in [1.54, 1.807) is 24.3 Å². The van der Waals surface area contributed by atoms with Crippen molar-refractivity contribution in [1.82, 2.24) is 5.32 Å². The molecule has 0 spiro atoms. The van der Waals surface area contributed by atoms with Crippen LogP contribution in [0.25, 0.3) is 0 Å². The highest BCUT2D eigenvalue weighted by Gasteiger charge is 2.44. The van der Waals surface area contributed by atoms with Crippen molar-refractivity contribution in [1.29, 1.82) is 0 Å². The Morgan fingerprint density at radius 3 is 2.42 bits per heavy atom. The minimum atomic E-state index is -0.688. The molecule has 31 heavy (non-hydrogen) atoms. The molecule has 0 radical (unpaired) electrons. The summed E-state index contributed by atoms with van der Waals surface area (Å²) in [6, 6.07) is 6.93. The third-order valence-corrected chi connectivity index (χ3v) is 6.57. The predicted octanol–water partition coefficient (Wildman–Crippen LogP) is 4.17. The average molecular weight is 424 g/mol. The number of nitrogens with one attached hydrogen (secondary N) is 1. The van der Waals surface area contributed by atoms with E-state index in [1.807, 2.05) is 0 Å². The second-order valence-electron chi connectivity index (χ2n) is 8.59. The highest BCUT2D eigenvalue weighted by molar-refractivity contribution is 6.00. The van der Waals surface area contributed by atoms with Crippen molar-refractivity contribution in [3.05, 3.63) is 58.9 Å². The fourth-order valence-electron chi connectivity index (χ4n) is 5.00. The van der Waals surface area contributed by atoms with Gasteiger partial charge in [0, 0.05) is 29.3 Å². The van der Waals surface area contributed by atoms with E-state index in [-0.39, 0.29) is 17.9 Å². The average Bonchev–Trinajstić information content (AvgIpc) is 2.78. The highest BCUT2D eigenvalue weighted by Crippen LogP contribution is 2.44. The molecule has 1 saturated carbocycles. The molecule has 1 aliphatic heterocycles. The lowest BCUT2D eigenvalue weighted by atomic mass is 9.71. The Balaban J connectivity index is 1.70. The largest absolute Gasteiger partial charge is 0.465 e. The van der Waals surface area contributed by atoms with E-state index in [2.05, 4.69) is 11.9 Å². The molecule has 3 aliphatic rings. The maximum atomic E-state index is 13.3. The molecule has 6 nitrogen and oxygen atoms in total. The van der Waals surface area contributed by atoms with Crippen molar-refractivity contribution in [3.8, 4) is 0 Å². The van der Waals surface area contributed by atoms with Gasteiger partial charge >= 0.3 is 11.9 Å². The summed E-state index contributed by atoms with van der Waals surface area (Å²) in [7, 11) is 1.34. The van der Waals surface area contributed by atoms with Crippen LogP contribution in [-0.2, 0) is 19.1 Å². The van der Waals surface area contributed by atoms with Crippen LogP contribution in [-0.4, -0.2) is 30.9 Å². The Morgan fingerprint density at radius 2 is 1.74 bits per heavy atom. The van der Waals surface area contributed by atoms with Crippen molar-refractivity contribution < 1.29 is 23.9 Å². The van der Waals surface area contributed by atoms with Crippen LogP contribution >= 0.6 is 0 Å². The standard InChI is InChI=1S/C25H29NO5/c1-15-21(25(29)31-18-7-4-3-5-8-18)22(23-19(26-15)9-6-10-20(23)27)16-11-13-17(14-12-16)24(28)30-2/h11-14,18,21-22,26H,1,3-10H2,2H3. The van der Waals surface area contributed by atoms with Crippen LogP contribution in [0.4, 0.5) is 0 Å². The summed E-state index contributed by atoms with van der Waals surface area (Å²) in [5.41, 5.74) is 3.28. The number of ether oxygens (including phenoxy) is 2. The van der Waals surface area contributed by atoms with Crippen LogP contribution in [0.1, 0.15) is 73.2 Å². The Labute approximate surface area is 182 Å². The molecular weight excluding hydrogens is 394 g/mol. The van der Waals surface area contributed by atoms with Gasteiger partial charge in [0.25, 0.3) is 0 Å². The number of ketones is 1. The zero-order valence-corrected chi connectivity index (χ0v) is 17.9. The zero-order valence-electron chi connectivity index (χ0n) is 17.9. The zero-order chi connectivity index (χ0) is 22.0. The first-order chi connectivity index (χ1) is 15.0. The van der Waals surface area contributed by atoms with Crippen LogP contribution in [0, 0.1) is 5.92 Å². The fraction of sp³-hybridized carbons (Fsp3) is 0.480. The first-order valence-electron chi connectivity index (χ1n) is 11.1. The summed E-state index contributed by atoms with van der Waals surface area (Å²) < 4.78 is 10.7. The number of carbonyl (C=O) groups is 3. The van der Waals surface area contributed by atoms with E-state index >= 15 is 0 Å². The van der Waals surface area contributed by atoms with Crippen LogP contribution in [0.5, 0.6) is 0 Å². The van der Waals surface area contributed by atoms with Crippen molar-refractivity contribution in [2.75, 3.05) is 7.11 Å². The number of hydrogen-bond donors (Lipinski definition) is 1. The van der Waals surface area contributed by atoms with E-state index in [4.69, 9.17) is 9.47 Å². The number of allylic oxidation sites excluding steroid dienone is 2. The second-order valence-corrected chi connectivity index (χ2v) is 8.59. The molecule has 6 heteroatoms. The lowest BCUT2D eigenvalue weighted by Crippen LogP contribution is -2.42. The molecule has 0 bridgehead atoms. The van der Waals surface area contributed by atoms with Gasteiger partial charge in [0.2, 0.25) is 0 Å². The molecule has 2 atom stereocenters. The van der Waals surface area contributed by atoms with Crippen LogP contribution in [0.3, 0.4) is 0 Å². The lowest BCUT2D eigenvalue weighted by molar-refractivity contribution is -0.155. The molecule has 0 amide bonds. The Bertz CT molecular complexity index is 924. The molecule has 4 rings (SSSR count). The predicted molar refractivity (Wildman–Crippen MR) is 115 cm³/mol. The van der Waals surface area contributed by atoms with Crippen molar-refractivity contribution in [2.45, 2.75) is 63.4 Å². The highest BCUT2D eigenvalue weighted by atomic mass is 16.5. The summed E-state index contributed by atoms with van der Waals surface area (Å²) in [6.07, 6.45) is 6.98. The van der Waals surface area contributed by atoms with Gasteiger partial charge in [-0.2, -0.15) is 0 Å². The van der Waals surface area contributed by atoms with Gasteiger partial charge in [0.15, 0.2) is 5.78 Å². The van der Waals surface area contributed by atoms with E-state index < -0.39 is 17.8 Å². The van der Waals surface area contributed by atoms with E-state index in [0.717, 1.165) is 49.8 Å². The summed E-state index contributed by atoms with van der Waals surface area (Å²) in [4.78, 5) is 38.1. The molecule has 1 fully saturated rings. The van der Waals surface area contributed by atoms with Gasteiger partial charge in [-0.05, 0) is 56.2 Å². The molecule has 1 aromatic carbocycles. The number of carbonyl (C=O) groups excluding carboxylic acids is 3. The van der Waals surface area contributed by atoms with Gasteiger partial charge in [-0.25, -0.2) is 4.79 Å². The Kier molecular flexibility index (Phi) is 6.25. The lowest BCUT2D eigenvalue weighted by Gasteiger charge is -2.39. The fourth-order valence-corrected chi connectivity index (χ4v) is 5.00. The van der Waals surface area contributed by atoms with Gasteiger partial charge in [-0.3, -0.25) is 9.59 Å². The van der Waals surface area contributed by atoms with E-state index in [9.17, 15) is 14.4 Å². The molecule has 0 aromatic heterocycles. The quantitative estimate of drug-likeness (QED) is 0.732. The number of methoxy groups -OCH3 is 1. The summed E-state index contributed by atoms with van der Waals surface area (Å²) >= 11 is 0. The summed E-state index contributed by atoms with van der Waals surface area (Å²) in [5.74, 6) is -1.87. The Hall–Kier alpha value is -2.89. The van der Waals surface area contributed by atoms with Gasteiger partial charge in [0.05, 0.1) is 12.7 Å². The topological polar surface area (TPSA) is 81.7 Å². The Morgan fingerprint density at radius 1 is 1.03 bits per heavy atom. The first-order valence-corrected chi connectivity index (χ1v) is 11.1. The molecule has 1 N–H and O–H groups in total. The third-order valence-electron chi connectivity index (χ3n) is 6.57. The molecule has 164 valence electrons. The summed E-state index contributed by atoms with van der Waals surface area (Å²) in [6.45, 7) is 4.13. The normalized spacial score (nSPS) is 24.3. The van der Waals surface area contributed by atoms with Gasteiger partial charge in [-0.1, -0.05) is 25.1 Å². The van der Waals surface area contributed by atoms with Gasteiger partial charge in [0.1, 0.15) is 12.0 Å². The first kappa shape index (κ1) is 21.3. The number of esters is 2. The molecule has 0 saturated heterocycles. The minimum Gasteiger partial charge on any atom is -0.465 e. The van der Waals surface area contributed by atoms with E-state index in [0.29, 0.717) is 23.3 Å². The number of Topliss-reactive ketones (excluding diaryl/α,β-unsaturated/α-hetero) is 1. The summed E-state index contributed by atoms with van der Waals surface area (Å²) in [5, 5.41) is 3.24. The monoisotopic (exact) mass is 423 g/mol. The van der Waals surface area contributed by atoms with Crippen LogP contribution < -0.4 is 5.32 Å². The second kappa shape index (κ2) is 9.08. The van der Waals surface area contributed by atoms with E-state index in [1.165, 1.54) is 13.5 Å². The van der Waals surface area contributed by atoms with Gasteiger partial charge < -0.3 is 14.8 Å². The molecular formula is C25H29NO5. The SMILES string of the molecule is C=C1NC2=C(C(=O)CCC2)C(c2ccc(C(=O)OC)cc2)C1C(=O)OC1CCCCC1. The van der Waals surface area contributed by atoms with Gasteiger partial charge in [-0.15, -0.1) is 0 Å². The number of rotatable bonds is 4. The third kappa shape index (κ3) is 4.29. The maximum Gasteiger partial charge on any atom is 0.337 e. The molecule has 2 aliphatic carbocycles. The smallest absolute Gasteiger partial charge is 0.337 e. The van der Waals surface area contributed by atoms with Crippen LogP contribution in [0.2, 0.25) is 0 Å². The minimum absolute atomic E-state index is 0.0544. The molecule has 1 aromatic rings. The number of hydrogen-bond acceptors (Lipinski definition) is 6. The van der Waals surface area contributed by atoms with Crippen molar-refractivity contribution in [3.63, 3.8) is 0 Å². The van der Waals surface area contributed by atoms with Crippen molar-refractivity contribution in [2.24, 2.45) is 5.92 Å². The maximum absolute atomic E-state index is 13.3. The molecule has 1 heterocycles. The number of benzene rings is 1. The molecule has 2 unspecified atom stereocenters. The van der Waals surface area contributed by atoms with Crippen LogP contribution in [0.15, 0.2) is 47.8 Å². The van der Waals surface area contributed by atoms with Crippen molar-refractivity contribution >= 4 is 17.7 Å².